The predicted molar refractivity (Wildman–Crippen MR) is 165 cm³/mol. The molecule has 0 radical (unpaired) electrons. The first-order valence-electron chi connectivity index (χ1n) is 14.2. The Bertz CT molecular complexity index is 1550. The lowest BCUT2D eigenvalue weighted by molar-refractivity contribution is -0.136. The smallest absolute Gasteiger partial charge is 0.304 e. The number of aliphatic carboxylic acids is 1. The molecule has 0 aliphatic heterocycles. The number of carbonyl (C=O) groups is 1. The fourth-order valence-electron chi connectivity index (χ4n) is 5.42. The lowest BCUT2D eigenvalue weighted by Crippen LogP contribution is -2.27. The minimum atomic E-state index is -3.85. The summed E-state index contributed by atoms with van der Waals surface area (Å²) in [6, 6.07) is 15.6. The summed E-state index contributed by atoms with van der Waals surface area (Å²) in [7, 11) is -3.85. The molecule has 1 aliphatic rings. The van der Waals surface area contributed by atoms with Crippen molar-refractivity contribution in [2.45, 2.75) is 84.2 Å². The molecule has 0 bridgehead atoms. The SMILES string of the molecule is Cc1cc(O[C@@H]2CCc3c(-c4c(C)cc(OCCC(C)(C)O)cc4C)cccc32)ccc1NS(=O)(=O)C(C)CC(=O)O. The molecular formula is C33H41NO7S. The first kappa shape index (κ1) is 31.4. The summed E-state index contributed by atoms with van der Waals surface area (Å²) in [6.45, 7) is 11.3. The van der Waals surface area contributed by atoms with Crippen molar-refractivity contribution in [3.05, 3.63) is 76.3 Å². The zero-order valence-corrected chi connectivity index (χ0v) is 26.0. The van der Waals surface area contributed by atoms with Crippen molar-refractivity contribution in [2.75, 3.05) is 11.3 Å². The van der Waals surface area contributed by atoms with Gasteiger partial charge in [0.2, 0.25) is 10.0 Å². The van der Waals surface area contributed by atoms with Crippen molar-refractivity contribution in [1.82, 2.24) is 0 Å². The van der Waals surface area contributed by atoms with Crippen LogP contribution in [-0.2, 0) is 21.2 Å². The van der Waals surface area contributed by atoms with Crippen LogP contribution in [-0.4, -0.2) is 42.1 Å². The van der Waals surface area contributed by atoms with Gasteiger partial charge in [-0.15, -0.1) is 0 Å². The summed E-state index contributed by atoms with van der Waals surface area (Å²) < 4.78 is 40.0. The number of carboxylic acids is 1. The van der Waals surface area contributed by atoms with E-state index in [9.17, 15) is 18.3 Å². The average molecular weight is 596 g/mol. The second kappa shape index (κ2) is 12.4. The molecule has 0 heterocycles. The highest BCUT2D eigenvalue weighted by atomic mass is 32.2. The van der Waals surface area contributed by atoms with Gasteiger partial charge in [-0.05, 0) is 124 Å². The molecule has 9 heteroatoms. The molecular weight excluding hydrogens is 554 g/mol. The van der Waals surface area contributed by atoms with E-state index in [1.165, 1.54) is 23.6 Å². The predicted octanol–water partition coefficient (Wildman–Crippen LogP) is 6.49. The highest BCUT2D eigenvalue weighted by molar-refractivity contribution is 7.93. The van der Waals surface area contributed by atoms with Crippen LogP contribution in [0.3, 0.4) is 0 Å². The van der Waals surface area contributed by atoms with E-state index in [1.807, 2.05) is 0 Å². The van der Waals surface area contributed by atoms with E-state index in [-0.39, 0.29) is 6.10 Å². The summed E-state index contributed by atoms with van der Waals surface area (Å²) in [5.41, 5.74) is 7.33. The first-order valence-corrected chi connectivity index (χ1v) is 15.8. The quantitative estimate of drug-likeness (QED) is 0.219. The van der Waals surface area contributed by atoms with Gasteiger partial charge in [0.15, 0.2) is 0 Å². The Labute approximate surface area is 248 Å². The number of ether oxygens (including phenoxy) is 2. The monoisotopic (exact) mass is 595 g/mol. The fourth-order valence-corrected chi connectivity index (χ4v) is 6.52. The Morgan fingerprint density at radius 2 is 1.71 bits per heavy atom. The number of nitrogens with one attached hydrogen (secondary N) is 1. The Morgan fingerprint density at radius 1 is 1.05 bits per heavy atom. The van der Waals surface area contributed by atoms with Crippen molar-refractivity contribution in [2.24, 2.45) is 0 Å². The van der Waals surface area contributed by atoms with Crippen LogP contribution in [0.1, 0.15) is 74.0 Å². The minimum Gasteiger partial charge on any atom is -0.493 e. The highest BCUT2D eigenvalue weighted by Crippen LogP contribution is 2.42. The van der Waals surface area contributed by atoms with E-state index >= 15 is 0 Å². The topological polar surface area (TPSA) is 122 Å². The summed E-state index contributed by atoms with van der Waals surface area (Å²) in [4.78, 5) is 11.0. The number of aliphatic hydroxyl groups is 1. The normalized spacial score (nSPS) is 15.6. The second-order valence-electron chi connectivity index (χ2n) is 11.9. The maximum Gasteiger partial charge on any atom is 0.304 e. The first-order chi connectivity index (χ1) is 19.6. The number of benzene rings is 3. The maximum absolute atomic E-state index is 12.6. The van der Waals surface area contributed by atoms with Crippen molar-refractivity contribution >= 4 is 21.7 Å². The summed E-state index contributed by atoms with van der Waals surface area (Å²) in [5, 5.41) is 17.9. The third-order valence-corrected chi connectivity index (χ3v) is 9.42. The van der Waals surface area contributed by atoms with Crippen LogP contribution in [0.4, 0.5) is 5.69 Å². The lowest BCUT2D eigenvalue weighted by Gasteiger charge is -2.20. The molecule has 3 aromatic rings. The molecule has 2 atom stereocenters. The molecule has 4 rings (SSSR count). The van der Waals surface area contributed by atoms with Gasteiger partial charge in [0, 0.05) is 6.42 Å². The van der Waals surface area contributed by atoms with Gasteiger partial charge in [0.05, 0.1) is 29.6 Å². The molecule has 3 aromatic carbocycles. The molecule has 226 valence electrons. The van der Waals surface area contributed by atoms with Crippen LogP contribution in [0.15, 0.2) is 48.5 Å². The molecule has 0 saturated carbocycles. The number of sulfonamides is 1. The number of aryl methyl sites for hydroxylation is 3. The van der Waals surface area contributed by atoms with Crippen molar-refractivity contribution in [1.29, 1.82) is 0 Å². The Morgan fingerprint density at radius 3 is 2.33 bits per heavy atom. The van der Waals surface area contributed by atoms with E-state index in [0.29, 0.717) is 30.0 Å². The Kier molecular flexibility index (Phi) is 9.23. The van der Waals surface area contributed by atoms with Crippen LogP contribution in [0.25, 0.3) is 11.1 Å². The molecule has 0 spiro atoms. The van der Waals surface area contributed by atoms with Crippen LogP contribution < -0.4 is 14.2 Å². The minimum absolute atomic E-state index is 0.137. The lowest BCUT2D eigenvalue weighted by atomic mass is 9.90. The van der Waals surface area contributed by atoms with Crippen molar-refractivity contribution < 1.29 is 32.9 Å². The molecule has 3 N–H and O–H groups in total. The number of carboxylic acid groups (broad SMARTS) is 1. The van der Waals surface area contributed by atoms with E-state index in [2.05, 4.69) is 48.9 Å². The zero-order chi connectivity index (χ0) is 30.8. The van der Waals surface area contributed by atoms with Crippen LogP contribution in [0.2, 0.25) is 0 Å². The van der Waals surface area contributed by atoms with Gasteiger partial charge >= 0.3 is 5.97 Å². The summed E-state index contributed by atoms with van der Waals surface area (Å²) >= 11 is 0. The van der Waals surface area contributed by atoms with Gasteiger partial charge in [-0.3, -0.25) is 9.52 Å². The van der Waals surface area contributed by atoms with Gasteiger partial charge < -0.3 is 19.7 Å². The van der Waals surface area contributed by atoms with Gasteiger partial charge in [-0.25, -0.2) is 8.42 Å². The second-order valence-corrected chi connectivity index (χ2v) is 14.0. The van der Waals surface area contributed by atoms with Crippen LogP contribution in [0, 0.1) is 20.8 Å². The van der Waals surface area contributed by atoms with E-state index in [1.54, 1.807) is 39.0 Å². The molecule has 0 fully saturated rings. The van der Waals surface area contributed by atoms with Gasteiger partial charge in [-0.1, -0.05) is 18.2 Å². The molecule has 1 aliphatic carbocycles. The Hall–Kier alpha value is -3.56. The molecule has 0 amide bonds. The van der Waals surface area contributed by atoms with Crippen molar-refractivity contribution in [3.63, 3.8) is 0 Å². The van der Waals surface area contributed by atoms with Crippen LogP contribution >= 0.6 is 0 Å². The van der Waals surface area contributed by atoms with Gasteiger partial charge in [-0.2, -0.15) is 0 Å². The molecule has 0 aromatic heterocycles. The number of hydrogen-bond acceptors (Lipinski definition) is 6. The number of hydrogen-bond donors (Lipinski definition) is 3. The van der Waals surface area contributed by atoms with E-state index in [0.717, 1.165) is 35.3 Å². The highest BCUT2D eigenvalue weighted by Gasteiger charge is 2.28. The standard InChI is InChI=1S/C33H41NO7S/c1-20-16-24(10-12-29(20)34-42(38,39)23(4)19-31(35)36)41-30-13-11-26-27(30)8-7-9-28(26)32-21(2)17-25(18-22(32)3)40-15-14-33(5,6)37/h7-10,12,16-18,23,30,34,37H,11,13-15,19H2,1-6H3,(H,35,36)/t23?,30-/m1/s1. The third kappa shape index (κ3) is 7.44. The average Bonchev–Trinajstić information content (AvgIpc) is 3.27. The molecule has 1 unspecified atom stereocenters. The van der Waals surface area contributed by atoms with Crippen LogP contribution in [0.5, 0.6) is 11.5 Å². The van der Waals surface area contributed by atoms with Gasteiger partial charge in [0.25, 0.3) is 0 Å². The van der Waals surface area contributed by atoms with Gasteiger partial charge in [0.1, 0.15) is 17.6 Å². The molecule has 42 heavy (non-hydrogen) atoms. The number of fused-ring (bicyclic) bond motifs is 1. The fraction of sp³-hybridized carbons (Fsp3) is 0.424. The summed E-state index contributed by atoms with van der Waals surface area (Å²) in [6.07, 6.45) is 1.63. The molecule has 0 saturated heterocycles. The summed E-state index contributed by atoms with van der Waals surface area (Å²) in [5.74, 6) is 0.268. The van der Waals surface area contributed by atoms with Crippen molar-refractivity contribution in [3.8, 4) is 22.6 Å². The Balaban J connectivity index is 1.51. The van der Waals surface area contributed by atoms with E-state index in [4.69, 9.17) is 14.6 Å². The zero-order valence-electron chi connectivity index (χ0n) is 25.2. The maximum atomic E-state index is 12.6. The number of anilines is 1. The third-order valence-electron chi connectivity index (χ3n) is 7.69. The molecule has 8 nitrogen and oxygen atoms in total. The largest absolute Gasteiger partial charge is 0.493 e. The number of rotatable bonds is 12. The van der Waals surface area contributed by atoms with E-state index < -0.39 is 33.3 Å².